The molecular weight excluding hydrogens is 557 g/mol. The number of aromatic nitrogens is 2. The Hall–Kier alpha value is -3.95. The van der Waals surface area contributed by atoms with Crippen LogP contribution in [-0.4, -0.2) is 28.5 Å². The van der Waals surface area contributed by atoms with Gasteiger partial charge in [-0.1, -0.05) is 68.5 Å². The van der Waals surface area contributed by atoms with E-state index in [0.717, 1.165) is 63.0 Å². The van der Waals surface area contributed by atoms with Gasteiger partial charge in [-0.2, -0.15) is 13.2 Å². The summed E-state index contributed by atoms with van der Waals surface area (Å²) in [4.78, 5) is 11.4. The number of fused-ring (bicyclic) bond motifs is 1. The molecule has 0 aliphatic heterocycles. The highest BCUT2D eigenvalue weighted by molar-refractivity contribution is 7.22. The number of likely N-dealkylation sites (N-methyl/N-ethyl adjacent to an activating group) is 1. The smallest absolute Gasteiger partial charge is 0.416 e. The van der Waals surface area contributed by atoms with Crippen LogP contribution in [0.2, 0.25) is 0 Å². The summed E-state index contributed by atoms with van der Waals surface area (Å²) < 4.78 is 45.9. The topological polar surface area (TPSA) is 50.3 Å². The molecule has 0 saturated carbocycles. The Balaban J connectivity index is 1.24. The van der Waals surface area contributed by atoms with Gasteiger partial charge in [0.25, 0.3) is 0 Å². The molecule has 3 aromatic carbocycles. The lowest BCUT2D eigenvalue weighted by Crippen LogP contribution is -2.20. The van der Waals surface area contributed by atoms with Crippen molar-refractivity contribution in [1.82, 2.24) is 14.9 Å². The third kappa shape index (κ3) is 7.27. The number of thiazole rings is 1. The average molecular weight is 591 g/mol. The van der Waals surface area contributed by atoms with Gasteiger partial charge in [0.05, 0.1) is 15.8 Å². The van der Waals surface area contributed by atoms with Crippen molar-refractivity contribution in [2.75, 3.05) is 18.9 Å². The Labute approximate surface area is 248 Å². The van der Waals surface area contributed by atoms with Crippen LogP contribution in [0.25, 0.3) is 10.2 Å². The number of ether oxygens (including phenoxy) is 1. The van der Waals surface area contributed by atoms with Crippen molar-refractivity contribution in [3.8, 4) is 11.6 Å². The van der Waals surface area contributed by atoms with Gasteiger partial charge in [0, 0.05) is 24.8 Å². The summed E-state index contributed by atoms with van der Waals surface area (Å²) in [6.45, 7) is 7.80. The molecule has 0 radical (unpaired) electrons. The Morgan fingerprint density at radius 1 is 0.905 bits per heavy atom. The van der Waals surface area contributed by atoms with E-state index < -0.39 is 11.7 Å². The predicted molar refractivity (Wildman–Crippen MR) is 164 cm³/mol. The number of anilines is 2. The second-order valence-electron chi connectivity index (χ2n) is 11.3. The van der Waals surface area contributed by atoms with E-state index in [1.54, 1.807) is 29.7 Å². The van der Waals surface area contributed by atoms with E-state index in [-0.39, 0.29) is 5.41 Å². The highest BCUT2D eigenvalue weighted by Crippen LogP contribution is 2.37. The Kier molecular flexibility index (Phi) is 8.52. The van der Waals surface area contributed by atoms with Crippen molar-refractivity contribution in [2.24, 2.45) is 0 Å². The molecule has 1 N–H and O–H groups in total. The van der Waals surface area contributed by atoms with Gasteiger partial charge >= 0.3 is 6.18 Å². The number of pyridine rings is 1. The second kappa shape index (κ2) is 12.1. The van der Waals surface area contributed by atoms with Gasteiger partial charge in [-0.15, -0.1) is 0 Å². The van der Waals surface area contributed by atoms with Gasteiger partial charge in [0.15, 0.2) is 5.13 Å². The zero-order valence-electron chi connectivity index (χ0n) is 24.0. The molecule has 5 rings (SSSR count). The van der Waals surface area contributed by atoms with Crippen molar-refractivity contribution in [1.29, 1.82) is 0 Å². The number of nitrogens with zero attached hydrogens (tertiary/aromatic N) is 3. The highest BCUT2D eigenvalue weighted by atomic mass is 32.1. The van der Waals surface area contributed by atoms with Crippen LogP contribution in [0.1, 0.15) is 43.0 Å². The fraction of sp³-hybridized carbons (Fsp3) is 0.273. The van der Waals surface area contributed by atoms with Gasteiger partial charge in [-0.25, -0.2) is 9.97 Å². The zero-order chi connectivity index (χ0) is 29.9. The minimum Gasteiger partial charge on any atom is -0.437 e. The van der Waals surface area contributed by atoms with Crippen molar-refractivity contribution < 1.29 is 17.9 Å². The van der Waals surface area contributed by atoms with Crippen LogP contribution in [-0.2, 0) is 24.6 Å². The van der Waals surface area contributed by atoms with Crippen molar-refractivity contribution in [3.05, 3.63) is 107 Å². The summed E-state index contributed by atoms with van der Waals surface area (Å²) in [6.07, 6.45) is -1.80. The fourth-order valence-electron chi connectivity index (χ4n) is 4.65. The van der Waals surface area contributed by atoms with Gasteiger partial charge in [0.1, 0.15) is 11.4 Å². The van der Waals surface area contributed by atoms with Crippen LogP contribution in [0.3, 0.4) is 0 Å². The van der Waals surface area contributed by atoms with E-state index >= 15 is 0 Å². The summed E-state index contributed by atoms with van der Waals surface area (Å²) >= 11 is 1.56. The van der Waals surface area contributed by atoms with E-state index in [1.807, 2.05) is 43.4 Å². The Morgan fingerprint density at radius 3 is 2.38 bits per heavy atom. The normalized spacial score (nSPS) is 12.2. The molecule has 0 spiro atoms. The summed E-state index contributed by atoms with van der Waals surface area (Å²) in [5, 5.41) is 4.13. The number of alkyl halides is 3. The molecule has 0 amide bonds. The maximum atomic E-state index is 12.8. The minimum atomic E-state index is -4.32. The molecule has 218 valence electrons. The van der Waals surface area contributed by atoms with E-state index in [2.05, 4.69) is 54.2 Å². The summed E-state index contributed by atoms with van der Waals surface area (Å²) in [5.74, 6) is 1.24. The lowest BCUT2D eigenvalue weighted by Gasteiger charge is -2.22. The summed E-state index contributed by atoms with van der Waals surface area (Å²) in [5.41, 5.74) is 4.03. The number of benzene rings is 3. The first kappa shape index (κ1) is 29.5. The van der Waals surface area contributed by atoms with Gasteiger partial charge in [0.2, 0.25) is 5.88 Å². The van der Waals surface area contributed by atoms with E-state index in [4.69, 9.17) is 9.72 Å². The van der Waals surface area contributed by atoms with E-state index in [1.165, 1.54) is 5.56 Å². The van der Waals surface area contributed by atoms with Gasteiger partial charge in [-0.3, -0.25) is 0 Å². The molecule has 2 aromatic heterocycles. The minimum absolute atomic E-state index is 0.0826. The van der Waals surface area contributed by atoms with Crippen molar-refractivity contribution >= 4 is 32.4 Å². The first-order valence-corrected chi connectivity index (χ1v) is 14.5. The molecule has 0 aliphatic rings. The first-order chi connectivity index (χ1) is 20.0. The molecule has 0 fully saturated rings. The number of hydrogen-bond acceptors (Lipinski definition) is 6. The van der Waals surface area contributed by atoms with E-state index in [0.29, 0.717) is 12.4 Å². The molecule has 0 bridgehead atoms. The number of halogens is 3. The standard InChI is InChI=1S/C33H33F3N4OS/c1-32(2,3)25-8-5-6-10-28(25)41-30-27(9-7-18-37-30)39-31-38-26-16-13-22(20-29(26)42-31)17-19-40(4)21-23-11-14-24(15-12-23)33(34,35)36/h5-16,18,20H,17,19,21H2,1-4H3,(H,38,39). The molecule has 0 atom stereocenters. The molecule has 42 heavy (non-hydrogen) atoms. The van der Waals surface area contributed by atoms with Crippen LogP contribution in [0.5, 0.6) is 11.6 Å². The predicted octanol–water partition coefficient (Wildman–Crippen LogP) is 9.22. The number of nitrogens with one attached hydrogen (secondary N) is 1. The summed E-state index contributed by atoms with van der Waals surface area (Å²) in [6, 6.07) is 23.4. The lowest BCUT2D eigenvalue weighted by atomic mass is 9.86. The lowest BCUT2D eigenvalue weighted by molar-refractivity contribution is -0.137. The van der Waals surface area contributed by atoms with Crippen LogP contribution in [0, 0.1) is 0 Å². The van der Waals surface area contributed by atoms with Crippen LogP contribution >= 0.6 is 11.3 Å². The van der Waals surface area contributed by atoms with Crippen molar-refractivity contribution in [2.45, 2.75) is 45.3 Å². The molecule has 0 unspecified atom stereocenters. The number of hydrogen-bond donors (Lipinski definition) is 1. The van der Waals surface area contributed by atoms with Crippen molar-refractivity contribution in [3.63, 3.8) is 0 Å². The average Bonchev–Trinajstić information content (AvgIpc) is 3.34. The third-order valence-electron chi connectivity index (χ3n) is 6.88. The first-order valence-electron chi connectivity index (χ1n) is 13.7. The molecule has 5 aromatic rings. The zero-order valence-corrected chi connectivity index (χ0v) is 24.8. The number of para-hydroxylation sites is 1. The molecule has 9 heteroatoms. The largest absolute Gasteiger partial charge is 0.437 e. The highest BCUT2D eigenvalue weighted by Gasteiger charge is 2.30. The summed E-state index contributed by atoms with van der Waals surface area (Å²) in [7, 11) is 1.97. The molecule has 5 nitrogen and oxygen atoms in total. The number of rotatable bonds is 9. The second-order valence-corrected chi connectivity index (χ2v) is 12.4. The Bertz CT molecular complexity index is 1660. The van der Waals surface area contributed by atoms with Crippen LogP contribution < -0.4 is 10.1 Å². The SMILES string of the molecule is CN(CCc1ccc2nc(Nc3cccnc3Oc3ccccc3C(C)(C)C)sc2c1)Cc1ccc(C(F)(F)F)cc1. The fourth-order valence-corrected chi connectivity index (χ4v) is 5.59. The van der Waals surface area contributed by atoms with Gasteiger partial charge < -0.3 is 15.0 Å². The quantitative estimate of drug-likeness (QED) is 0.185. The monoisotopic (exact) mass is 590 g/mol. The maximum absolute atomic E-state index is 12.8. The molecule has 0 aliphatic carbocycles. The molecule has 0 saturated heterocycles. The maximum Gasteiger partial charge on any atom is 0.416 e. The Morgan fingerprint density at radius 2 is 1.64 bits per heavy atom. The molecular formula is C33H33F3N4OS. The third-order valence-corrected chi connectivity index (χ3v) is 7.82. The van der Waals surface area contributed by atoms with Crippen LogP contribution in [0.4, 0.5) is 24.0 Å². The molecule has 2 heterocycles. The van der Waals surface area contributed by atoms with Gasteiger partial charge in [-0.05, 0) is 72.5 Å². The van der Waals surface area contributed by atoms with E-state index in [9.17, 15) is 13.2 Å². The van der Waals surface area contributed by atoms with Crippen LogP contribution in [0.15, 0.2) is 85.1 Å².